The lowest BCUT2D eigenvalue weighted by molar-refractivity contribution is 0.102. The van der Waals surface area contributed by atoms with Crippen molar-refractivity contribution in [3.05, 3.63) is 107 Å². The number of ether oxygens (including phenoxy) is 1. The van der Waals surface area contributed by atoms with Crippen LogP contribution in [0.15, 0.2) is 90.0 Å². The maximum absolute atomic E-state index is 13.2. The van der Waals surface area contributed by atoms with Gasteiger partial charge in [-0.15, -0.1) is 0 Å². The minimum Gasteiger partial charge on any atom is -0.496 e. The van der Waals surface area contributed by atoms with E-state index in [0.717, 1.165) is 16.8 Å². The average molecular weight is 451 g/mol. The van der Waals surface area contributed by atoms with Crippen LogP contribution in [0.4, 0.5) is 5.82 Å². The quantitative estimate of drug-likeness (QED) is 0.434. The Morgan fingerprint density at radius 1 is 1.00 bits per heavy atom. The molecule has 3 aromatic heterocycles. The zero-order chi connectivity index (χ0) is 23.7. The van der Waals surface area contributed by atoms with Crippen molar-refractivity contribution >= 4 is 17.4 Å². The summed E-state index contributed by atoms with van der Waals surface area (Å²) < 4.78 is 8.46. The van der Waals surface area contributed by atoms with Gasteiger partial charge >= 0.3 is 0 Å². The molecule has 0 radical (unpaired) electrons. The van der Waals surface area contributed by atoms with Crippen molar-refractivity contribution in [3.63, 3.8) is 0 Å². The van der Waals surface area contributed by atoms with Gasteiger partial charge in [-0.1, -0.05) is 35.9 Å². The Kier molecular flexibility index (Phi) is 5.39. The number of hydrogen-bond acceptors (Lipinski definition) is 5. The summed E-state index contributed by atoms with van der Waals surface area (Å²) in [5, 5.41) is 7.57. The molecule has 1 amide bonds. The number of carbonyl (C=O) groups is 1. The molecule has 0 spiro atoms. The normalized spacial score (nSPS) is 10.9. The van der Waals surface area contributed by atoms with Crippen molar-refractivity contribution in [2.45, 2.75) is 6.92 Å². The van der Waals surface area contributed by atoms with Gasteiger partial charge in [0.15, 0.2) is 0 Å². The maximum Gasteiger partial charge on any atom is 0.270 e. The van der Waals surface area contributed by atoms with Gasteiger partial charge in [0, 0.05) is 24.0 Å². The van der Waals surface area contributed by atoms with E-state index in [4.69, 9.17) is 9.84 Å². The molecule has 0 unspecified atom stereocenters. The second-order valence-corrected chi connectivity index (χ2v) is 7.72. The highest BCUT2D eigenvalue weighted by Crippen LogP contribution is 2.31. The standard InChI is InChI=1S/C26H21N5O3/c1-17-10-12-18(13-11-17)31-24(15-21(29-31)19-7-3-4-8-22(19)34-2)28-25(32)20-16-27-23-9-5-6-14-30(23)26(20)33/h3-16H,1-2H3,(H,28,32). The predicted octanol–water partition coefficient (Wildman–Crippen LogP) is 4.12. The van der Waals surface area contributed by atoms with Crippen LogP contribution in [-0.4, -0.2) is 32.2 Å². The number of nitrogens with one attached hydrogen (secondary N) is 1. The second-order valence-electron chi connectivity index (χ2n) is 7.72. The molecule has 3 heterocycles. The van der Waals surface area contributed by atoms with E-state index in [2.05, 4.69) is 10.3 Å². The van der Waals surface area contributed by atoms with Crippen LogP contribution in [0.1, 0.15) is 15.9 Å². The Labute approximate surface area is 195 Å². The van der Waals surface area contributed by atoms with Gasteiger partial charge < -0.3 is 10.1 Å². The Balaban J connectivity index is 1.59. The molecule has 0 saturated heterocycles. The Morgan fingerprint density at radius 3 is 2.56 bits per heavy atom. The number of anilines is 1. The summed E-state index contributed by atoms with van der Waals surface area (Å²) in [6, 6.07) is 22.2. The lowest BCUT2D eigenvalue weighted by Gasteiger charge is -2.09. The van der Waals surface area contributed by atoms with E-state index in [0.29, 0.717) is 22.9 Å². The minimum absolute atomic E-state index is 0.0702. The number of nitrogens with zero attached hydrogens (tertiary/aromatic N) is 4. The molecular formula is C26H21N5O3. The number of rotatable bonds is 5. The molecule has 0 aliphatic heterocycles. The Bertz CT molecular complexity index is 1570. The molecule has 0 fully saturated rings. The number of amides is 1. The molecule has 34 heavy (non-hydrogen) atoms. The number of pyridine rings is 1. The number of fused-ring (bicyclic) bond motifs is 1. The summed E-state index contributed by atoms with van der Waals surface area (Å²) in [5.74, 6) is 0.494. The maximum atomic E-state index is 13.2. The fourth-order valence-corrected chi connectivity index (χ4v) is 3.71. The SMILES string of the molecule is COc1ccccc1-c1cc(NC(=O)c2cnc3ccccn3c2=O)n(-c2ccc(C)cc2)n1. The first-order chi connectivity index (χ1) is 16.5. The van der Waals surface area contributed by atoms with E-state index < -0.39 is 11.5 Å². The lowest BCUT2D eigenvalue weighted by atomic mass is 10.1. The Hall–Kier alpha value is -4.72. The van der Waals surface area contributed by atoms with Gasteiger partial charge in [-0.05, 0) is 43.3 Å². The fourth-order valence-electron chi connectivity index (χ4n) is 3.71. The fraction of sp³-hybridized carbons (Fsp3) is 0.0769. The molecule has 8 heteroatoms. The molecule has 0 saturated carbocycles. The van der Waals surface area contributed by atoms with Crippen molar-refractivity contribution in [1.82, 2.24) is 19.2 Å². The van der Waals surface area contributed by atoms with Crippen LogP contribution >= 0.6 is 0 Å². The molecule has 168 valence electrons. The van der Waals surface area contributed by atoms with Crippen molar-refractivity contribution in [2.24, 2.45) is 0 Å². The summed E-state index contributed by atoms with van der Waals surface area (Å²) in [6.45, 7) is 2.00. The van der Waals surface area contributed by atoms with Gasteiger partial charge in [0.1, 0.15) is 22.8 Å². The number of aryl methyl sites for hydroxylation is 1. The number of benzene rings is 2. The number of para-hydroxylation sites is 1. The second kappa shape index (κ2) is 8.67. The van der Waals surface area contributed by atoms with Gasteiger partial charge in [-0.3, -0.25) is 14.0 Å². The van der Waals surface area contributed by atoms with Crippen LogP contribution in [-0.2, 0) is 0 Å². The zero-order valence-corrected chi connectivity index (χ0v) is 18.6. The summed E-state index contributed by atoms with van der Waals surface area (Å²) in [6.07, 6.45) is 2.87. The highest BCUT2D eigenvalue weighted by atomic mass is 16.5. The van der Waals surface area contributed by atoms with Crippen molar-refractivity contribution in [1.29, 1.82) is 0 Å². The van der Waals surface area contributed by atoms with Crippen LogP contribution < -0.4 is 15.6 Å². The van der Waals surface area contributed by atoms with Crippen LogP contribution in [0.5, 0.6) is 5.75 Å². The van der Waals surface area contributed by atoms with E-state index in [1.165, 1.54) is 10.6 Å². The zero-order valence-electron chi connectivity index (χ0n) is 18.6. The third-order valence-corrected chi connectivity index (χ3v) is 5.47. The van der Waals surface area contributed by atoms with Gasteiger partial charge in [-0.25, -0.2) is 9.67 Å². The minimum atomic E-state index is -0.574. The molecule has 8 nitrogen and oxygen atoms in total. The smallest absolute Gasteiger partial charge is 0.270 e. The highest BCUT2D eigenvalue weighted by molar-refractivity contribution is 6.04. The molecule has 0 bridgehead atoms. The van der Waals surface area contributed by atoms with Crippen LogP contribution in [0.25, 0.3) is 22.6 Å². The first kappa shape index (κ1) is 21.1. The summed E-state index contributed by atoms with van der Waals surface area (Å²) >= 11 is 0. The lowest BCUT2D eigenvalue weighted by Crippen LogP contribution is -2.27. The van der Waals surface area contributed by atoms with Gasteiger partial charge in [0.2, 0.25) is 0 Å². The molecule has 0 atom stereocenters. The van der Waals surface area contributed by atoms with E-state index >= 15 is 0 Å². The average Bonchev–Trinajstić information content (AvgIpc) is 3.28. The van der Waals surface area contributed by atoms with E-state index in [1.807, 2.05) is 55.5 Å². The van der Waals surface area contributed by atoms with Crippen molar-refractivity contribution < 1.29 is 9.53 Å². The number of hydrogen-bond donors (Lipinski definition) is 1. The van der Waals surface area contributed by atoms with Gasteiger partial charge in [0.05, 0.1) is 18.5 Å². The van der Waals surface area contributed by atoms with Gasteiger partial charge in [0.25, 0.3) is 11.5 Å². The topological polar surface area (TPSA) is 90.5 Å². The molecule has 0 aliphatic rings. The van der Waals surface area contributed by atoms with Crippen LogP contribution in [0.3, 0.4) is 0 Å². The molecule has 0 aliphatic carbocycles. The summed E-state index contributed by atoms with van der Waals surface area (Å²) in [5.41, 5.74) is 3.19. The van der Waals surface area contributed by atoms with Gasteiger partial charge in [-0.2, -0.15) is 5.10 Å². The number of methoxy groups -OCH3 is 1. The molecule has 1 N–H and O–H groups in total. The van der Waals surface area contributed by atoms with Crippen LogP contribution in [0, 0.1) is 6.92 Å². The third kappa shape index (κ3) is 3.81. The van der Waals surface area contributed by atoms with E-state index in [1.54, 1.807) is 42.3 Å². The summed E-state index contributed by atoms with van der Waals surface area (Å²) in [7, 11) is 1.60. The number of aromatic nitrogens is 4. The molecule has 2 aromatic carbocycles. The van der Waals surface area contributed by atoms with Crippen molar-refractivity contribution in [3.8, 4) is 22.7 Å². The Morgan fingerprint density at radius 2 is 1.76 bits per heavy atom. The monoisotopic (exact) mass is 451 g/mol. The highest BCUT2D eigenvalue weighted by Gasteiger charge is 2.19. The largest absolute Gasteiger partial charge is 0.496 e. The van der Waals surface area contributed by atoms with E-state index in [9.17, 15) is 9.59 Å². The first-order valence-electron chi connectivity index (χ1n) is 10.6. The third-order valence-electron chi connectivity index (χ3n) is 5.47. The molecule has 5 aromatic rings. The first-order valence-corrected chi connectivity index (χ1v) is 10.6. The molecular weight excluding hydrogens is 430 g/mol. The number of carbonyl (C=O) groups excluding carboxylic acids is 1. The summed E-state index contributed by atoms with van der Waals surface area (Å²) in [4.78, 5) is 30.3. The molecule has 5 rings (SSSR count). The predicted molar refractivity (Wildman–Crippen MR) is 130 cm³/mol. The van der Waals surface area contributed by atoms with Crippen molar-refractivity contribution in [2.75, 3.05) is 12.4 Å². The van der Waals surface area contributed by atoms with Crippen LogP contribution in [0.2, 0.25) is 0 Å². The van der Waals surface area contributed by atoms with E-state index in [-0.39, 0.29) is 5.56 Å².